The predicted molar refractivity (Wildman–Crippen MR) is 65.3 cm³/mol. The largest absolute Gasteiger partial charge is 0.454 e. The first kappa shape index (κ1) is 11.1. The zero-order valence-corrected chi connectivity index (χ0v) is 10.4. The van der Waals surface area contributed by atoms with Crippen molar-refractivity contribution in [3.05, 3.63) is 18.2 Å². The van der Waals surface area contributed by atoms with Crippen molar-refractivity contribution in [2.45, 2.75) is 39.8 Å². The van der Waals surface area contributed by atoms with Gasteiger partial charge in [0.15, 0.2) is 11.5 Å². The highest BCUT2D eigenvalue weighted by Gasteiger charge is 2.19. The third kappa shape index (κ3) is 1.94. The Labute approximate surface area is 97.0 Å². The lowest BCUT2D eigenvalue weighted by atomic mass is 10.1. The molecule has 1 aromatic carbocycles. The Kier molecular flexibility index (Phi) is 2.95. The number of fused-ring (bicyclic) bond motifs is 1. The Balaban J connectivity index is 2.32. The Bertz CT molecular complexity index is 366. The van der Waals surface area contributed by atoms with Crippen molar-refractivity contribution in [2.24, 2.45) is 0 Å². The fourth-order valence-corrected chi connectivity index (χ4v) is 2.24. The van der Waals surface area contributed by atoms with E-state index in [2.05, 4.69) is 44.7 Å². The molecule has 1 aliphatic heterocycles. The highest BCUT2D eigenvalue weighted by Crippen LogP contribution is 2.36. The molecule has 16 heavy (non-hydrogen) atoms. The van der Waals surface area contributed by atoms with E-state index in [0.29, 0.717) is 18.9 Å². The summed E-state index contributed by atoms with van der Waals surface area (Å²) in [6, 6.07) is 7.08. The van der Waals surface area contributed by atoms with Crippen molar-refractivity contribution in [1.29, 1.82) is 0 Å². The van der Waals surface area contributed by atoms with E-state index in [0.717, 1.165) is 11.5 Å². The summed E-state index contributed by atoms with van der Waals surface area (Å²) in [6.07, 6.45) is 0. The van der Waals surface area contributed by atoms with Crippen molar-refractivity contribution >= 4 is 5.69 Å². The van der Waals surface area contributed by atoms with Crippen LogP contribution in [0.4, 0.5) is 5.69 Å². The van der Waals surface area contributed by atoms with Crippen LogP contribution < -0.4 is 14.4 Å². The van der Waals surface area contributed by atoms with Crippen molar-refractivity contribution in [1.82, 2.24) is 0 Å². The molecular weight excluding hydrogens is 202 g/mol. The van der Waals surface area contributed by atoms with Crippen LogP contribution in [0.25, 0.3) is 0 Å². The maximum Gasteiger partial charge on any atom is 0.231 e. The number of nitrogens with zero attached hydrogens (tertiary/aromatic N) is 1. The minimum atomic E-state index is 0.335. The van der Waals surface area contributed by atoms with Gasteiger partial charge in [-0.1, -0.05) is 0 Å². The van der Waals surface area contributed by atoms with Gasteiger partial charge < -0.3 is 14.4 Å². The fraction of sp³-hybridized carbons (Fsp3) is 0.538. The van der Waals surface area contributed by atoms with Crippen LogP contribution in [0, 0.1) is 0 Å². The Morgan fingerprint density at radius 3 is 2.25 bits per heavy atom. The maximum absolute atomic E-state index is 5.40. The zero-order valence-electron chi connectivity index (χ0n) is 10.4. The second-order valence-corrected chi connectivity index (χ2v) is 4.63. The van der Waals surface area contributed by atoms with Crippen LogP contribution >= 0.6 is 0 Å². The predicted octanol–water partition coefficient (Wildman–Crippen LogP) is 3.04. The van der Waals surface area contributed by atoms with Crippen LogP contribution in [0.3, 0.4) is 0 Å². The minimum absolute atomic E-state index is 0.335. The molecule has 0 bridgehead atoms. The smallest absolute Gasteiger partial charge is 0.231 e. The number of hydrogen-bond donors (Lipinski definition) is 0. The van der Waals surface area contributed by atoms with Crippen LogP contribution in [0.5, 0.6) is 11.5 Å². The molecular formula is C13H19NO2. The summed E-state index contributed by atoms with van der Waals surface area (Å²) in [5, 5.41) is 0. The van der Waals surface area contributed by atoms with Gasteiger partial charge >= 0.3 is 0 Å². The molecule has 88 valence electrons. The van der Waals surface area contributed by atoms with Crippen molar-refractivity contribution < 1.29 is 9.47 Å². The molecule has 1 aromatic rings. The van der Waals surface area contributed by atoms with Gasteiger partial charge in [0.05, 0.1) is 0 Å². The maximum atomic E-state index is 5.40. The van der Waals surface area contributed by atoms with Crippen LogP contribution in [-0.4, -0.2) is 18.9 Å². The van der Waals surface area contributed by atoms with Gasteiger partial charge in [-0.3, -0.25) is 0 Å². The number of hydrogen-bond acceptors (Lipinski definition) is 3. The third-order valence-electron chi connectivity index (χ3n) is 2.77. The van der Waals surface area contributed by atoms with Crippen molar-refractivity contribution in [3.63, 3.8) is 0 Å². The van der Waals surface area contributed by atoms with E-state index in [-0.39, 0.29) is 0 Å². The summed E-state index contributed by atoms with van der Waals surface area (Å²) in [7, 11) is 0. The summed E-state index contributed by atoms with van der Waals surface area (Å²) >= 11 is 0. The zero-order chi connectivity index (χ0) is 11.7. The SMILES string of the molecule is CC(C)N(c1ccc2c(c1)OCO2)C(C)C. The molecule has 3 nitrogen and oxygen atoms in total. The molecule has 0 unspecified atom stereocenters. The average molecular weight is 221 g/mol. The summed E-state index contributed by atoms with van der Waals surface area (Å²) in [4.78, 5) is 2.36. The molecule has 0 aliphatic carbocycles. The number of benzene rings is 1. The van der Waals surface area contributed by atoms with E-state index in [1.165, 1.54) is 5.69 Å². The van der Waals surface area contributed by atoms with E-state index >= 15 is 0 Å². The van der Waals surface area contributed by atoms with Crippen molar-refractivity contribution in [2.75, 3.05) is 11.7 Å². The molecule has 0 fully saturated rings. The first-order valence-electron chi connectivity index (χ1n) is 5.77. The monoisotopic (exact) mass is 221 g/mol. The van der Waals surface area contributed by atoms with Gasteiger partial charge in [0.2, 0.25) is 6.79 Å². The highest BCUT2D eigenvalue weighted by atomic mass is 16.7. The van der Waals surface area contributed by atoms with Gasteiger partial charge in [0.1, 0.15) is 0 Å². The van der Waals surface area contributed by atoms with E-state index in [9.17, 15) is 0 Å². The molecule has 0 saturated heterocycles. The standard InChI is InChI=1S/C13H19NO2/c1-9(2)14(10(3)4)11-5-6-12-13(7-11)16-8-15-12/h5-7,9-10H,8H2,1-4H3. The second kappa shape index (κ2) is 4.24. The molecule has 0 aromatic heterocycles. The first-order valence-corrected chi connectivity index (χ1v) is 5.77. The lowest BCUT2D eigenvalue weighted by Gasteiger charge is -2.33. The normalized spacial score (nSPS) is 13.6. The Morgan fingerprint density at radius 1 is 1.00 bits per heavy atom. The average Bonchev–Trinajstić information content (AvgIpc) is 2.63. The number of rotatable bonds is 3. The van der Waals surface area contributed by atoms with Crippen LogP contribution in [0.15, 0.2) is 18.2 Å². The number of anilines is 1. The van der Waals surface area contributed by atoms with Gasteiger partial charge in [-0.15, -0.1) is 0 Å². The molecule has 0 spiro atoms. The van der Waals surface area contributed by atoms with E-state index in [4.69, 9.17) is 9.47 Å². The molecule has 0 N–H and O–H groups in total. The lowest BCUT2D eigenvalue weighted by molar-refractivity contribution is 0.174. The molecule has 0 atom stereocenters. The van der Waals surface area contributed by atoms with Gasteiger partial charge in [-0.05, 0) is 39.8 Å². The third-order valence-corrected chi connectivity index (χ3v) is 2.77. The van der Waals surface area contributed by atoms with Gasteiger partial charge in [-0.2, -0.15) is 0 Å². The molecule has 0 saturated carbocycles. The summed E-state index contributed by atoms with van der Waals surface area (Å²) in [5.74, 6) is 1.69. The van der Waals surface area contributed by atoms with E-state index < -0.39 is 0 Å². The fourth-order valence-electron chi connectivity index (χ4n) is 2.24. The summed E-state index contributed by atoms with van der Waals surface area (Å²) in [6.45, 7) is 9.13. The van der Waals surface area contributed by atoms with Gasteiger partial charge in [0.25, 0.3) is 0 Å². The van der Waals surface area contributed by atoms with Crippen LogP contribution in [0.2, 0.25) is 0 Å². The quantitative estimate of drug-likeness (QED) is 0.783. The van der Waals surface area contributed by atoms with Crippen molar-refractivity contribution in [3.8, 4) is 11.5 Å². The van der Waals surface area contributed by atoms with Gasteiger partial charge in [0, 0.05) is 23.8 Å². The van der Waals surface area contributed by atoms with E-state index in [1.807, 2.05) is 6.07 Å². The minimum Gasteiger partial charge on any atom is -0.454 e. The summed E-state index contributed by atoms with van der Waals surface area (Å²) in [5.41, 5.74) is 1.19. The van der Waals surface area contributed by atoms with Gasteiger partial charge in [-0.25, -0.2) is 0 Å². The number of ether oxygens (including phenoxy) is 2. The topological polar surface area (TPSA) is 21.7 Å². The molecule has 2 rings (SSSR count). The first-order chi connectivity index (χ1) is 7.59. The van der Waals surface area contributed by atoms with E-state index in [1.54, 1.807) is 0 Å². The molecule has 0 radical (unpaired) electrons. The van der Waals surface area contributed by atoms with Crippen LogP contribution in [0.1, 0.15) is 27.7 Å². The van der Waals surface area contributed by atoms with Crippen LogP contribution in [-0.2, 0) is 0 Å². The Morgan fingerprint density at radius 2 is 1.62 bits per heavy atom. The Hall–Kier alpha value is -1.38. The molecule has 3 heteroatoms. The summed E-state index contributed by atoms with van der Waals surface area (Å²) < 4.78 is 10.7. The second-order valence-electron chi connectivity index (χ2n) is 4.63. The molecule has 1 aliphatic rings. The molecule has 0 amide bonds. The highest BCUT2D eigenvalue weighted by molar-refractivity contribution is 5.58. The lowest BCUT2D eigenvalue weighted by Crippen LogP contribution is -2.36. The molecule has 1 heterocycles.